The van der Waals surface area contributed by atoms with Crippen molar-refractivity contribution >= 4 is 17.3 Å². The molecule has 0 heterocycles. The SMILES string of the molecule is Cc1cc(C)cc(N(C)CC(=O)Nc2ccccc2)c1. The molecule has 0 unspecified atom stereocenters. The van der Waals surface area contributed by atoms with E-state index in [2.05, 4.69) is 37.4 Å². The predicted octanol–water partition coefficient (Wildman–Crippen LogP) is 3.38. The summed E-state index contributed by atoms with van der Waals surface area (Å²) in [5, 5.41) is 2.89. The van der Waals surface area contributed by atoms with Crippen LogP contribution in [0.3, 0.4) is 0 Å². The molecule has 3 nitrogen and oxygen atoms in total. The van der Waals surface area contributed by atoms with Crippen molar-refractivity contribution < 1.29 is 4.79 Å². The number of likely N-dealkylation sites (N-methyl/N-ethyl adjacent to an activating group) is 1. The fourth-order valence-electron chi connectivity index (χ4n) is 2.20. The summed E-state index contributed by atoms with van der Waals surface area (Å²) < 4.78 is 0. The summed E-state index contributed by atoms with van der Waals surface area (Å²) in [7, 11) is 1.93. The van der Waals surface area contributed by atoms with Gasteiger partial charge in [-0.25, -0.2) is 0 Å². The molecule has 0 saturated carbocycles. The van der Waals surface area contributed by atoms with Crippen molar-refractivity contribution in [3.8, 4) is 0 Å². The summed E-state index contributed by atoms with van der Waals surface area (Å²) in [4.78, 5) is 14.0. The molecule has 0 fully saturated rings. The molecule has 0 aliphatic heterocycles. The van der Waals surface area contributed by atoms with Gasteiger partial charge >= 0.3 is 0 Å². The van der Waals surface area contributed by atoms with Crippen molar-refractivity contribution in [1.82, 2.24) is 0 Å². The van der Waals surface area contributed by atoms with Crippen LogP contribution in [-0.2, 0) is 4.79 Å². The number of carbonyl (C=O) groups excluding carboxylic acids is 1. The zero-order valence-electron chi connectivity index (χ0n) is 12.2. The van der Waals surface area contributed by atoms with E-state index in [1.54, 1.807) is 0 Å². The van der Waals surface area contributed by atoms with Gasteiger partial charge in [0.05, 0.1) is 6.54 Å². The molecule has 0 aliphatic rings. The molecule has 2 aromatic carbocycles. The second-order valence-corrected chi connectivity index (χ2v) is 5.12. The lowest BCUT2D eigenvalue weighted by Gasteiger charge is -2.20. The van der Waals surface area contributed by atoms with Crippen molar-refractivity contribution in [2.45, 2.75) is 13.8 Å². The van der Waals surface area contributed by atoms with Gasteiger partial charge in [0.2, 0.25) is 5.91 Å². The van der Waals surface area contributed by atoms with Crippen LogP contribution in [0.4, 0.5) is 11.4 Å². The lowest BCUT2D eigenvalue weighted by Crippen LogP contribution is -2.30. The first-order valence-corrected chi connectivity index (χ1v) is 6.69. The van der Waals surface area contributed by atoms with Crippen LogP contribution in [0.1, 0.15) is 11.1 Å². The van der Waals surface area contributed by atoms with Gasteiger partial charge in [0, 0.05) is 18.4 Å². The number of hydrogen-bond donors (Lipinski definition) is 1. The molecule has 0 atom stereocenters. The molecule has 0 aromatic heterocycles. The van der Waals surface area contributed by atoms with Crippen LogP contribution in [0.5, 0.6) is 0 Å². The van der Waals surface area contributed by atoms with E-state index in [0.717, 1.165) is 11.4 Å². The first-order valence-electron chi connectivity index (χ1n) is 6.69. The van der Waals surface area contributed by atoms with Crippen LogP contribution in [0.15, 0.2) is 48.5 Å². The van der Waals surface area contributed by atoms with E-state index in [4.69, 9.17) is 0 Å². The van der Waals surface area contributed by atoms with Gasteiger partial charge in [0.25, 0.3) is 0 Å². The van der Waals surface area contributed by atoms with Crippen molar-refractivity contribution in [3.05, 3.63) is 59.7 Å². The van der Waals surface area contributed by atoms with E-state index in [1.807, 2.05) is 42.3 Å². The summed E-state index contributed by atoms with van der Waals surface area (Å²) >= 11 is 0. The lowest BCUT2D eigenvalue weighted by molar-refractivity contribution is -0.114. The molecule has 3 heteroatoms. The maximum Gasteiger partial charge on any atom is 0.243 e. The van der Waals surface area contributed by atoms with E-state index in [0.29, 0.717) is 6.54 Å². The Balaban J connectivity index is 2.00. The summed E-state index contributed by atoms with van der Waals surface area (Å²) in [6.07, 6.45) is 0. The molecular formula is C17H20N2O. The number of para-hydroxylation sites is 1. The van der Waals surface area contributed by atoms with Crippen LogP contribution < -0.4 is 10.2 Å². The second kappa shape index (κ2) is 6.24. The maximum absolute atomic E-state index is 12.0. The molecule has 0 bridgehead atoms. The molecule has 0 spiro atoms. The summed E-state index contributed by atoms with van der Waals surface area (Å²) in [6.45, 7) is 4.46. The molecule has 0 saturated heterocycles. The number of nitrogens with one attached hydrogen (secondary N) is 1. The van der Waals surface area contributed by atoms with E-state index in [-0.39, 0.29) is 5.91 Å². The number of amides is 1. The number of anilines is 2. The fourth-order valence-corrected chi connectivity index (χ4v) is 2.20. The smallest absolute Gasteiger partial charge is 0.243 e. The summed E-state index contributed by atoms with van der Waals surface area (Å²) in [5.41, 5.74) is 4.29. The van der Waals surface area contributed by atoms with Crippen molar-refractivity contribution in [2.75, 3.05) is 23.8 Å². The highest BCUT2D eigenvalue weighted by Gasteiger charge is 2.08. The molecule has 2 rings (SSSR count). The van der Waals surface area contributed by atoms with Gasteiger partial charge in [-0.3, -0.25) is 4.79 Å². The first kappa shape index (κ1) is 14.1. The third kappa shape index (κ3) is 3.85. The van der Waals surface area contributed by atoms with Gasteiger partial charge in [0.15, 0.2) is 0 Å². The molecule has 1 N–H and O–H groups in total. The standard InChI is InChI=1S/C17H20N2O/c1-13-9-14(2)11-16(10-13)19(3)12-17(20)18-15-7-5-4-6-8-15/h4-11H,12H2,1-3H3,(H,18,20). The number of carbonyl (C=O) groups is 1. The quantitative estimate of drug-likeness (QED) is 0.922. The van der Waals surface area contributed by atoms with Gasteiger partial charge in [-0.05, 0) is 49.2 Å². The zero-order valence-corrected chi connectivity index (χ0v) is 12.2. The molecule has 20 heavy (non-hydrogen) atoms. The minimum absolute atomic E-state index is 0.0159. The highest BCUT2D eigenvalue weighted by Crippen LogP contribution is 2.17. The number of hydrogen-bond acceptors (Lipinski definition) is 2. The minimum Gasteiger partial charge on any atom is -0.365 e. The van der Waals surface area contributed by atoms with Crippen LogP contribution in [0.2, 0.25) is 0 Å². The minimum atomic E-state index is -0.0159. The number of nitrogens with zero attached hydrogens (tertiary/aromatic N) is 1. The van der Waals surface area contributed by atoms with Gasteiger partial charge in [0.1, 0.15) is 0 Å². The second-order valence-electron chi connectivity index (χ2n) is 5.12. The first-order chi connectivity index (χ1) is 9.54. The molecule has 104 valence electrons. The Morgan fingerprint density at radius 1 is 1.05 bits per heavy atom. The molecular weight excluding hydrogens is 248 g/mol. The van der Waals surface area contributed by atoms with Crippen LogP contribution >= 0.6 is 0 Å². The molecule has 0 radical (unpaired) electrons. The Morgan fingerprint density at radius 2 is 1.65 bits per heavy atom. The topological polar surface area (TPSA) is 32.3 Å². The monoisotopic (exact) mass is 268 g/mol. The van der Waals surface area contributed by atoms with E-state index in [9.17, 15) is 4.79 Å². The Kier molecular flexibility index (Phi) is 4.41. The number of aryl methyl sites for hydroxylation is 2. The highest BCUT2D eigenvalue weighted by atomic mass is 16.2. The van der Waals surface area contributed by atoms with Gasteiger partial charge < -0.3 is 10.2 Å². The molecule has 0 aliphatic carbocycles. The number of benzene rings is 2. The van der Waals surface area contributed by atoms with Gasteiger partial charge in [-0.1, -0.05) is 24.3 Å². The van der Waals surface area contributed by atoms with Gasteiger partial charge in [-0.15, -0.1) is 0 Å². The Labute approximate surface area is 120 Å². The lowest BCUT2D eigenvalue weighted by atomic mass is 10.1. The summed E-state index contributed by atoms with van der Waals surface area (Å²) in [5.74, 6) is -0.0159. The third-order valence-corrected chi connectivity index (χ3v) is 3.09. The fraction of sp³-hybridized carbons (Fsp3) is 0.235. The zero-order chi connectivity index (χ0) is 14.5. The van der Waals surface area contributed by atoms with Crippen molar-refractivity contribution in [1.29, 1.82) is 0 Å². The van der Waals surface area contributed by atoms with E-state index < -0.39 is 0 Å². The summed E-state index contributed by atoms with van der Waals surface area (Å²) in [6, 6.07) is 15.8. The molecule has 1 amide bonds. The Hall–Kier alpha value is -2.29. The van der Waals surface area contributed by atoms with Crippen LogP contribution in [-0.4, -0.2) is 19.5 Å². The predicted molar refractivity (Wildman–Crippen MR) is 84.3 cm³/mol. The normalized spacial score (nSPS) is 10.2. The van der Waals surface area contributed by atoms with E-state index >= 15 is 0 Å². The van der Waals surface area contributed by atoms with Crippen LogP contribution in [0, 0.1) is 13.8 Å². The third-order valence-electron chi connectivity index (χ3n) is 3.09. The Morgan fingerprint density at radius 3 is 2.25 bits per heavy atom. The van der Waals surface area contributed by atoms with Crippen LogP contribution in [0.25, 0.3) is 0 Å². The highest BCUT2D eigenvalue weighted by molar-refractivity contribution is 5.94. The van der Waals surface area contributed by atoms with E-state index in [1.165, 1.54) is 11.1 Å². The number of rotatable bonds is 4. The maximum atomic E-state index is 12.0. The molecule has 2 aromatic rings. The average molecular weight is 268 g/mol. The Bertz CT molecular complexity index is 573. The van der Waals surface area contributed by atoms with Crippen molar-refractivity contribution in [3.63, 3.8) is 0 Å². The van der Waals surface area contributed by atoms with Crippen molar-refractivity contribution in [2.24, 2.45) is 0 Å². The largest absolute Gasteiger partial charge is 0.365 e. The average Bonchev–Trinajstić information content (AvgIpc) is 2.38. The van der Waals surface area contributed by atoms with Gasteiger partial charge in [-0.2, -0.15) is 0 Å².